The summed E-state index contributed by atoms with van der Waals surface area (Å²) < 4.78 is 13.1. The molecule has 0 saturated carbocycles. The minimum absolute atomic E-state index is 0.224. The lowest BCUT2D eigenvalue weighted by molar-refractivity contribution is -0.117. The number of pyridine rings is 1. The molecule has 2 saturated heterocycles. The van der Waals surface area contributed by atoms with E-state index < -0.39 is 0 Å². The Morgan fingerprint density at radius 3 is 2.56 bits per heavy atom. The molecule has 2 aliphatic rings. The summed E-state index contributed by atoms with van der Waals surface area (Å²) in [5.74, 6) is 0.759. The van der Waals surface area contributed by atoms with Crippen LogP contribution in [-0.4, -0.2) is 48.0 Å². The van der Waals surface area contributed by atoms with E-state index in [9.17, 15) is 9.18 Å². The highest BCUT2D eigenvalue weighted by molar-refractivity contribution is 5.95. The van der Waals surface area contributed by atoms with Crippen molar-refractivity contribution in [1.29, 1.82) is 0 Å². The summed E-state index contributed by atoms with van der Waals surface area (Å²) in [7, 11) is 0. The molecule has 0 spiro atoms. The zero-order valence-corrected chi connectivity index (χ0v) is 15.6. The number of amides is 1. The van der Waals surface area contributed by atoms with Gasteiger partial charge in [-0.25, -0.2) is 9.37 Å². The molecule has 0 aliphatic carbocycles. The standard InChI is InChI=1S/C21H25FN4O/c1-16-14-24(11-12-25(16)20-9-6-18(22)13-23-20)15-17-4-7-19(8-5-17)26-10-2-3-21(26)27/h4-9,13,16H,2-3,10-12,14-15H2,1H3. The first-order chi connectivity index (χ1) is 13.1. The molecule has 6 heteroatoms. The van der Waals surface area contributed by atoms with Crippen molar-refractivity contribution in [2.24, 2.45) is 0 Å². The van der Waals surface area contributed by atoms with E-state index >= 15 is 0 Å². The Hall–Kier alpha value is -2.47. The second-order valence-electron chi connectivity index (χ2n) is 7.43. The quantitative estimate of drug-likeness (QED) is 0.832. The molecular weight excluding hydrogens is 343 g/mol. The number of benzene rings is 1. The van der Waals surface area contributed by atoms with Gasteiger partial charge in [-0.3, -0.25) is 9.69 Å². The van der Waals surface area contributed by atoms with E-state index in [2.05, 4.69) is 46.0 Å². The molecule has 1 aromatic heterocycles. The fourth-order valence-electron chi connectivity index (χ4n) is 4.02. The van der Waals surface area contributed by atoms with Crippen molar-refractivity contribution in [2.45, 2.75) is 32.4 Å². The van der Waals surface area contributed by atoms with Crippen LogP contribution >= 0.6 is 0 Å². The highest BCUT2D eigenvalue weighted by Gasteiger charge is 2.25. The predicted octanol–water partition coefficient (Wildman–Crippen LogP) is 3.06. The summed E-state index contributed by atoms with van der Waals surface area (Å²) in [6, 6.07) is 11.9. The number of aromatic nitrogens is 1. The summed E-state index contributed by atoms with van der Waals surface area (Å²) in [6.07, 6.45) is 2.89. The van der Waals surface area contributed by atoms with Crippen LogP contribution in [0.3, 0.4) is 0 Å². The zero-order chi connectivity index (χ0) is 18.8. The van der Waals surface area contributed by atoms with Crippen LogP contribution < -0.4 is 9.80 Å². The number of halogens is 1. The second-order valence-corrected chi connectivity index (χ2v) is 7.43. The van der Waals surface area contributed by atoms with Crippen LogP contribution in [0.5, 0.6) is 0 Å². The average molecular weight is 368 g/mol. The molecule has 1 atom stereocenters. The van der Waals surface area contributed by atoms with Gasteiger partial charge < -0.3 is 9.80 Å². The minimum Gasteiger partial charge on any atom is -0.351 e. The van der Waals surface area contributed by atoms with Crippen molar-refractivity contribution >= 4 is 17.4 Å². The van der Waals surface area contributed by atoms with E-state index in [1.165, 1.54) is 17.8 Å². The van der Waals surface area contributed by atoms with Gasteiger partial charge in [0.1, 0.15) is 11.6 Å². The first-order valence-electron chi connectivity index (χ1n) is 9.60. The Balaban J connectivity index is 1.35. The summed E-state index contributed by atoms with van der Waals surface area (Å²) in [6.45, 7) is 6.65. The summed E-state index contributed by atoms with van der Waals surface area (Å²) in [5.41, 5.74) is 2.26. The fraction of sp³-hybridized carbons (Fsp3) is 0.429. The van der Waals surface area contributed by atoms with Crippen LogP contribution in [0.15, 0.2) is 42.6 Å². The van der Waals surface area contributed by atoms with Crippen molar-refractivity contribution in [3.63, 3.8) is 0 Å². The normalized spacial score (nSPS) is 21.1. The highest BCUT2D eigenvalue weighted by atomic mass is 19.1. The Bertz CT molecular complexity index is 793. The molecule has 2 fully saturated rings. The zero-order valence-electron chi connectivity index (χ0n) is 15.6. The molecule has 0 radical (unpaired) electrons. The molecule has 0 N–H and O–H groups in total. The minimum atomic E-state index is -0.302. The molecule has 2 aliphatic heterocycles. The molecule has 4 rings (SSSR count). The Labute approximate surface area is 159 Å². The van der Waals surface area contributed by atoms with Gasteiger partial charge in [-0.05, 0) is 43.2 Å². The SMILES string of the molecule is CC1CN(Cc2ccc(N3CCCC3=O)cc2)CCN1c1ccc(F)cn1. The number of piperazine rings is 1. The maximum Gasteiger partial charge on any atom is 0.227 e. The van der Waals surface area contributed by atoms with E-state index in [0.29, 0.717) is 12.5 Å². The number of rotatable bonds is 4. The third kappa shape index (κ3) is 3.95. The Morgan fingerprint density at radius 1 is 1.11 bits per heavy atom. The summed E-state index contributed by atoms with van der Waals surface area (Å²) >= 11 is 0. The maximum atomic E-state index is 13.1. The van der Waals surface area contributed by atoms with E-state index in [4.69, 9.17) is 0 Å². The van der Waals surface area contributed by atoms with Gasteiger partial charge in [0.05, 0.1) is 6.20 Å². The highest BCUT2D eigenvalue weighted by Crippen LogP contribution is 2.23. The van der Waals surface area contributed by atoms with Crippen molar-refractivity contribution in [2.75, 3.05) is 36.0 Å². The van der Waals surface area contributed by atoms with E-state index in [1.54, 1.807) is 6.07 Å². The number of hydrogen-bond acceptors (Lipinski definition) is 4. The third-order valence-electron chi connectivity index (χ3n) is 5.45. The summed E-state index contributed by atoms with van der Waals surface area (Å²) in [4.78, 5) is 22.6. The lowest BCUT2D eigenvalue weighted by Crippen LogP contribution is -2.51. The van der Waals surface area contributed by atoms with Gasteiger partial charge in [-0.1, -0.05) is 12.1 Å². The van der Waals surface area contributed by atoms with Crippen molar-refractivity contribution in [1.82, 2.24) is 9.88 Å². The van der Waals surface area contributed by atoms with Crippen LogP contribution in [0, 0.1) is 5.82 Å². The van der Waals surface area contributed by atoms with Gasteiger partial charge >= 0.3 is 0 Å². The van der Waals surface area contributed by atoms with Gasteiger partial charge in [-0.2, -0.15) is 0 Å². The first-order valence-corrected chi connectivity index (χ1v) is 9.60. The fourth-order valence-corrected chi connectivity index (χ4v) is 4.02. The van der Waals surface area contributed by atoms with Crippen LogP contribution in [0.4, 0.5) is 15.9 Å². The van der Waals surface area contributed by atoms with Crippen molar-refractivity contribution in [3.8, 4) is 0 Å². The molecule has 2 aromatic rings. The molecule has 1 amide bonds. The number of carbonyl (C=O) groups excluding carboxylic acids is 1. The third-order valence-corrected chi connectivity index (χ3v) is 5.45. The van der Waals surface area contributed by atoms with Crippen molar-refractivity contribution in [3.05, 3.63) is 54.0 Å². The topological polar surface area (TPSA) is 39.7 Å². The molecule has 5 nitrogen and oxygen atoms in total. The molecule has 142 valence electrons. The molecular formula is C21H25FN4O. The van der Waals surface area contributed by atoms with Crippen LogP contribution in [0.2, 0.25) is 0 Å². The summed E-state index contributed by atoms with van der Waals surface area (Å²) in [5, 5.41) is 0. The molecule has 0 bridgehead atoms. The number of nitrogens with zero attached hydrogens (tertiary/aromatic N) is 4. The molecule has 1 aromatic carbocycles. The molecule has 1 unspecified atom stereocenters. The van der Waals surface area contributed by atoms with Gasteiger partial charge in [0.2, 0.25) is 5.91 Å². The van der Waals surface area contributed by atoms with Gasteiger partial charge in [0.15, 0.2) is 0 Å². The number of carbonyl (C=O) groups is 1. The largest absolute Gasteiger partial charge is 0.351 e. The van der Waals surface area contributed by atoms with E-state index in [0.717, 1.165) is 50.6 Å². The second kappa shape index (κ2) is 7.64. The van der Waals surface area contributed by atoms with Gasteiger partial charge in [0.25, 0.3) is 0 Å². The lowest BCUT2D eigenvalue weighted by atomic mass is 10.1. The van der Waals surface area contributed by atoms with Crippen LogP contribution in [-0.2, 0) is 11.3 Å². The van der Waals surface area contributed by atoms with E-state index in [1.807, 2.05) is 4.90 Å². The Morgan fingerprint density at radius 2 is 1.93 bits per heavy atom. The first kappa shape index (κ1) is 17.9. The molecule has 3 heterocycles. The number of anilines is 2. The smallest absolute Gasteiger partial charge is 0.227 e. The predicted molar refractivity (Wildman–Crippen MR) is 104 cm³/mol. The lowest BCUT2D eigenvalue weighted by Gasteiger charge is -2.40. The monoisotopic (exact) mass is 368 g/mol. The average Bonchev–Trinajstić information content (AvgIpc) is 3.09. The van der Waals surface area contributed by atoms with Gasteiger partial charge in [-0.15, -0.1) is 0 Å². The Kier molecular flexibility index (Phi) is 5.07. The van der Waals surface area contributed by atoms with E-state index in [-0.39, 0.29) is 11.7 Å². The van der Waals surface area contributed by atoms with Crippen LogP contribution in [0.25, 0.3) is 0 Å². The molecule has 27 heavy (non-hydrogen) atoms. The van der Waals surface area contributed by atoms with Crippen LogP contribution in [0.1, 0.15) is 25.3 Å². The number of hydrogen-bond donors (Lipinski definition) is 0. The maximum absolute atomic E-state index is 13.1. The van der Waals surface area contributed by atoms with Gasteiger partial charge in [0, 0.05) is 50.9 Å². The van der Waals surface area contributed by atoms with Crippen molar-refractivity contribution < 1.29 is 9.18 Å².